The number of hydrogen-bond acceptors (Lipinski definition) is 36. The number of aromatic nitrogens is 7. The molecule has 1 unspecified atom stereocenters. The number of thiocarbonyl (C=S) groups is 6. The smallest absolute Gasteiger partial charge is 0.211 e. The molecule has 147 heavy (non-hydrogen) atoms. The Morgan fingerprint density at radius 1 is 0.388 bits per heavy atom. The maximum Gasteiger partial charge on any atom is 0.211 e. The van der Waals surface area contributed by atoms with Crippen molar-refractivity contribution in [1.82, 2.24) is 131 Å². The normalized spacial score (nSPS) is 20.7. The van der Waals surface area contributed by atoms with E-state index in [-0.39, 0.29) is 0 Å². The lowest BCUT2D eigenvalue weighted by Crippen LogP contribution is -2.54. The molecule has 20 rings (SSSR count). The lowest BCUT2D eigenvalue weighted by molar-refractivity contribution is 0.0315. The highest BCUT2D eigenvalue weighted by Gasteiger charge is 2.31. The third-order valence-electron chi connectivity index (χ3n) is 26.6. The van der Waals surface area contributed by atoms with Crippen LogP contribution in [0.5, 0.6) is 0 Å². The van der Waals surface area contributed by atoms with Gasteiger partial charge in [0.25, 0.3) is 0 Å². The Kier molecular flexibility index (Phi) is 42.4. The Morgan fingerprint density at radius 2 is 0.680 bits per heavy atom. The number of anilines is 6. The highest BCUT2D eigenvalue weighted by molar-refractivity contribution is 7.88. The maximum absolute atomic E-state index is 11.5. The first-order valence-corrected chi connectivity index (χ1v) is 54.6. The van der Waals surface area contributed by atoms with Gasteiger partial charge in [0.15, 0.2) is 30.7 Å². The highest BCUT2D eigenvalue weighted by atomic mass is 32.2. The van der Waals surface area contributed by atoms with Crippen LogP contribution in [0.4, 0.5) is 34.1 Å². The van der Waals surface area contributed by atoms with E-state index < -0.39 is 10.0 Å². The molecule has 7 aromatic rings. The van der Waals surface area contributed by atoms with E-state index in [2.05, 4.69) is 209 Å². The van der Waals surface area contributed by atoms with Gasteiger partial charge in [-0.15, -0.1) is 0 Å². The Bertz CT molecular complexity index is 5900. The largest absolute Gasteiger partial charge is 0.383 e. The number of pyridine rings is 7. The lowest BCUT2D eigenvalue weighted by Gasteiger charge is -2.37. The minimum absolute atomic E-state index is 0.386. The summed E-state index contributed by atoms with van der Waals surface area (Å²) in [6, 6.07) is 30.3. The van der Waals surface area contributed by atoms with Crippen LogP contribution in [0.3, 0.4) is 0 Å². The van der Waals surface area contributed by atoms with E-state index in [9.17, 15) is 8.42 Å². The number of nitrogens with zero attached hydrogens (tertiary/aromatic N) is 26. The molecule has 13 aliphatic rings. The van der Waals surface area contributed by atoms with Crippen LogP contribution < -0.4 is 69.8 Å². The van der Waals surface area contributed by atoms with Crippen LogP contribution in [0.15, 0.2) is 165 Å². The number of nitrogens with one attached hydrogen (secondary N) is 13. The fraction of sp³-hybridized carbons (Fsp3) is 0.505. The average molecular weight is 2140 g/mol. The van der Waals surface area contributed by atoms with E-state index >= 15 is 0 Å². The van der Waals surface area contributed by atoms with Gasteiger partial charge in [0.2, 0.25) is 10.0 Å². The molecule has 0 aliphatic carbocycles. The second-order valence-corrected chi connectivity index (χ2v) is 40.7. The van der Waals surface area contributed by atoms with Gasteiger partial charge < -0.3 is 76.1 Å². The standard InChI is InChI=1S/C19H29N7OS.C19H23N7S.C16H24N6OS.C15H19N7S.C14H20N6O2S2.C14H20N6S/c28-19(23-22-17-3-5-20-16-2-1-4-21-18(16)17)26-10-8-24(9-11-26)6-7-25-12-14-27-15-13-25;27-19(24-23-17-5-9-21-16-2-1-6-22-18(16)17)26-12-10-25(11-13-26)14-15-3-7-20-8-4-15;1-23-12-11-21-7-9-22(10-8-21)16(24)20-19-14-4-6-17-13-3-2-5-18-15(13)14;16-4-7-21-8-10-22(11-9-21)15(23)20-19-13-3-6-17-12-2-1-5-18-14(12)13;1-24(21,22)20-9-7-19(8-10-20)14(23)18-17-12-4-6-15-11-3-2-5-16-13(11)12;1-10-9-15-7-8-20(10)14(21)19-18-12-4-6-16-11-3-2-5-17-13(11)12/h1-2,4,20H,3,5-15H2,(H,23,28);1-4,6-8,21H,5,9-14H2,(H,24,27);2-3,5,17H,4,6-12H2,1H3,(H,20,24);1-2,5,17H,3,6-11H2,(H,20,23);2-3,5,15H,4,6-10H2,1H3,(H,18,23);2-3,5,10,15-16H,4,6-9H2,1H3,(H,19,21)/b22-17-;23-17-;19-14-;19-13-;17-12-;18-12-. The molecule has 7 saturated heterocycles. The molecular formula is C97H135N39O4S7. The van der Waals surface area contributed by atoms with Crippen LogP contribution in [0.2, 0.25) is 0 Å². The third kappa shape index (κ3) is 32.8. The molecule has 43 nitrogen and oxygen atoms in total. The van der Waals surface area contributed by atoms with Crippen molar-refractivity contribution in [2.75, 3.05) is 294 Å². The summed E-state index contributed by atoms with van der Waals surface area (Å²) in [6.07, 6.45) is 20.5. The van der Waals surface area contributed by atoms with Crippen LogP contribution in [-0.2, 0) is 26.0 Å². The van der Waals surface area contributed by atoms with Crippen LogP contribution in [-0.4, -0.2) is 435 Å². The van der Waals surface area contributed by atoms with Gasteiger partial charge in [0.1, 0.15) is 34.2 Å². The molecule has 13 N–H and O–H groups in total. The molecule has 0 bridgehead atoms. The van der Waals surface area contributed by atoms with E-state index in [0.717, 1.165) is 364 Å². The zero-order valence-corrected chi connectivity index (χ0v) is 89.4. The summed E-state index contributed by atoms with van der Waals surface area (Å²) < 4.78 is 35.1. The van der Waals surface area contributed by atoms with Crippen LogP contribution in [0.25, 0.3) is 0 Å². The molecule has 1 atom stereocenters. The summed E-state index contributed by atoms with van der Waals surface area (Å²) in [5.74, 6) is 0. The van der Waals surface area contributed by atoms with Crippen molar-refractivity contribution in [1.29, 1.82) is 5.26 Å². The quantitative estimate of drug-likeness (QED) is 0.0364. The molecule has 0 amide bonds. The number of morpholine rings is 1. The molecule has 784 valence electrons. The predicted molar refractivity (Wildman–Crippen MR) is 605 cm³/mol. The van der Waals surface area contributed by atoms with Crippen molar-refractivity contribution in [3.8, 4) is 6.07 Å². The number of rotatable bonds is 16. The first kappa shape index (κ1) is 109. The van der Waals surface area contributed by atoms with Gasteiger partial charge >= 0.3 is 0 Å². The number of ether oxygens (including phenoxy) is 2. The minimum Gasteiger partial charge on any atom is -0.383 e. The van der Waals surface area contributed by atoms with Gasteiger partial charge in [-0.05, 0) is 171 Å². The van der Waals surface area contributed by atoms with E-state index in [0.29, 0.717) is 69.4 Å². The second kappa shape index (κ2) is 57.0. The van der Waals surface area contributed by atoms with Gasteiger partial charge in [-0.2, -0.15) is 40.2 Å². The van der Waals surface area contributed by atoms with Gasteiger partial charge in [-0.3, -0.25) is 91.9 Å². The lowest BCUT2D eigenvalue weighted by atomic mass is 10.1. The Hall–Kier alpha value is -11.9. The predicted octanol–water partition coefficient (Wildman–Crippen LogP) is 4.29. The summed E-state index contributed by atoms with van der Waals surface area (Å²) >= 11 is 32.9. The molecule has 0 aromatic carbocycles. The molecule has 7 aromatic heterocycles. The first-order chi connectivity index (χ1) is 71.8. The van der Waals surface area contributed by atoms with Crippen molar-refractivity contribution in [2.45, 2.75) is 58.0 Å². The molecule has 0 saturated carbocycles. The summed E-state index contributed by atoms with van der Waals surface area (Å²) in [7, 11) is -1.40. The molecule has 13 aliphatic heterocycles. The molecule has 0 spiro atoms. The Morgan fingerprint density at radius 3 is 0.986 bits per heavy atom. The number of hydrazone groups is 6. The highest BCUT2D eigenvalue weighted by Crippen LogP contribution is 2.27. The van der Waals surface area contributed by atoms with E-state index in [1.807, 2.05) is 90.1 Å². The number of piperazine rings is 6. The van der Waals surface area contributed by atoms with E-state index in [1.165, 1.54) is 16.1 Å². The van der Waals surface area contributed by atoms with Crippen molar-refractivity contribution >= 4 is 182 Å². The molecule has 7 fully saturated rings. The monoisotopic (exact) mass is 2130 g/mol. The van der Waals surface area contributed by atoms with Crippen molar-refractivity contribution in [3.63, 3.8) is 0 Å². The van der Waals surface area contributed by atoms with Crippen LogP contribution in [0, 0.1) is 11.3 Å². The fourth-order valence-corrected chi connectivity index (χ4v) is 20.4. The zero-order valence-electron chi connectivity index (χ0n) is 83.7. The topological polar surface area (TPSA) is 436 Å². The molecule has 20 heterocycles. The maximum atomic E-state index is 11.5. The number of nitriles is 1. The number of sulfonamides is 1. The fourth-order valence-electron chi connectivity index (χ4n) is 18.1. The first-order valence-electron chi connectivity index (χ1n) is 50.3. The Balaban J connectivity index is 0.000000133. The van der Waals surface area contributed by atoms with Gasteiger partial charge in [-0.25, -0.2) is 8.42 Å². The number of fused-ring (bicyclic) bond motifs is 6. The zero-order chi connectivity index (χ0) is 102. The summed E-state index contributed by atoms with van der Waals surface area (Å²) in [6.45, 7) is 36.2. The summed E-state index contributed by atoms with van der Waals surface area (Å²) in [4.78, 5) is 55.3. The van der Waals surface area contributed by atoms with Crippen LogP contribution in [0.1, 0.15) is 85.2 Å². The third-order valence-corrected chi connectivity index (χ3v) is 29.9. The summed E-state index contributed by atoms with van der Waals surface area (Å²) in [5.41, 5.74) is 36.5. The van der Waals surface area contributed by atoms with Crippen molar-refractivity contribution < 1.29 is 17.9 Å². The van der Waals surface area contributed by atoms with Gasteiger partial charge in [0, 0.05) is 330 Å². The second-order valence-electron chi connectivity index (χ2n) is 36.4. The van der Waals surface area contributed by atoms with Gasteiger partial charge in [-0.1, -0.05) is 0 Å². The molecular weight excluding hydrogens is 2000 g/mol. The Labute approximate surface area is 893 Å². The summed E-state index contributed by atoms with van der Waals surface area (Å²) in [5, 5.41) is 63.0. The van der Waals surface area contributed by atoms with Crippen molar-refractivity contribution in [2.24, 2.45) is 30.6 Å². The van der Waals surface area contributed by atoms with Gasteiger partial charge in [0.05, 0.1) is 107 Å². The van der Waals surface area contributed by atoms with Crippen LogP contribution >= 0.6 is 73.3 Å². The van der Waals surface area contributed by atoms with E-state index in [4.69, 9.17) is 88.0 Å². The van der Waals surface area contributed by atoms with Crippen molar-refractivity contribution in [3.05, 3.63) is 174 Å². The molecule has 0 radical (unpaired) electrons. The minimum atomic E-state index is -3.14. The molecule has 50 heteroatoms. The van der Waals surface area contributed by atoms with E-state index in [1.54, 1.807) is 44.3 Å². The average Bonchev–Trinajstić information content (AvgIpc) is 0.837. The SMILES string of the molecule is CC1CNCCN1C(=S)N/N=C1/CCNc2cccnc21.COCCN1CCN(C(=S)N/N=C2/CCNc3cccnc32)CC1.CS(=O)(=O)N1CCN(C(=S)N/N=C2/CCNc3cccnc32)CC1.N#CCN1CCN(C(=S)N/N=C2/CCNc3cccnc32)CC1.S=C(N/N=C1/CCNc2cccnc21)N1CCN(CCN2CCOCC2)CC1.S=C(N/N=C1/CCNc2cccnc21)N1CCN(Cc2ccncc2)CC1. The number of methoxy groups -OCH3 is 1. The number of hydrogen-bond donors (Lipinski definition) is 13.